The van der Waals surface area contributed by atoms with Crippen molar-refractivity contribution in [3.8, 4) is 11.5 Å². The third-order valence-electron chi connectivity index (χ3n) is 2.70. The monoisotopic (exact) mass is 227 g/mol. The Bertz CT molecular complexity index is 477. The summed E-state index contributed by atoms with van der Waals surface area (Å²) in [4.78, 5) is 0. The zero-order valence-corrected chi connectivity index (χ0v) is 10.0. The lowest BCUT2D eigenvalue weighted by Gasteiger charge is -2.07. The molecule has 2 N–H and O–H groups in total. The molecule has 2 aromatic rings. The zero-order chi connectivity index (χ0) is 12.1. The van der Waals surface area contributed by atoms with Gasteiger partial charge >= 0.3 is 0 Å². The van der Waals surface area contributed by atoms with Crippen LogP contribution < -0.4 is 10.5 Å². The van der Waals surface area contributed by atoms with Gasteiger partial charge in [-0.1, -0.05) is 31.2 Å². The van der Waals surface area contributed by atoms with E-state index in [4.69, 9.17) is 10.5 Å². The Balaban J connectivity index is 2.13. The molecule has 0 bridgehead atoms. The summed E-state index contributed by atoms with van der Waals surface area (Å²) in [6, 6.07) is 16.0. The molecule has 0 radical (unpaired) electrons. The van der Waals surface area contributed by atoms with Crippen molar-refractivity contribution < 1.29 is 4.74 Å². The van der Waals surface area contributed by atoms with Crippen LogP contribution in [-0.4, -0.2) is 0 Å². The molecule has 2 rings (SSSR count). The number of hydrogen-bond acceptors (Lipinski definition) is 2. The van der Waals surface area contributed by atoms with Crippen molar-refractivity contribution in [3.05, 3.63) is 59.7 Å². The smallest absolute Gasteiger partial charge is 0.127 e. The van der Waals surface area contributed by atoms with Crippen LogP contribution in [0.5, 0.6) is 11.5 Å². The van der Waals surface area contributed by atoms with Gasteiger partial charge in [0.25, 0.3) is 0 Å². The molecule has 2 nitrogen and oxygen atoms in total. The third kappa shape index (κ3) is 3.08. The molecule has 2 aromatic carbocycles. The van der Waals surface area contributed by atoms with E-state index in [-0.39, 0.29) is 0 Å². The van der Waals surface area contributed by atoms with Gasteiger partial charge in [-0.2, -0.15) is 0 Å². The second-order valence-corrected chi connectivity index (χ2v) is 3.95. The molecule has 2 heteroatoms. The molecule has 0 aliphatic rings. The fraction of sp³-hybridized carbons (Fsp3) is 0.200. The predicted octanol–water partition coefficient (Wildman–Crippen LogP) is 3.50. The highest BCUT2D eigenvalue weighted by molar-refractivity contribution is 5.35. The van der Waals surface area contributed by atoms with E-state index in [1.165, 1.54) is 5.56 Å². The Kier molecular flexibility index (Phi) is 3.78. The van der Waals surface area contributed by atoms with Crippen LogP contribution in [-0.2, 0) is 13.0 Å². The van der Waals surface area contributed by atoms with Gasteiger partial charge < -0.3 is 10.5 Å². The number of rotatable bonds is 4. The van der Waals surface area contributed by atoms with Gasteiger partial charge in [-0.15, -0.1) is 0 Å². The molecule has 88 valence electrons. The SMILES string of the molecule is CCc1cccc(Oc2ccc(CN)cc2)c1. The Morgan fingerprint density at radius 1 is 0.941 bits per heavy atom. The second kappa shape index (κ2) is 5.51. The van der Waals surface area contributed by atoms with Crippen LogP contribution in [0.3, 0.4) is 0 Å². The topological polar surface area (TPSA) is 35.2 Å². The Hall–Kier alpha value is -1.80. The van der Waals surface area contributed by atoms with E-state index in [2.05, 4.69) is 19.1 Å². The molecular formula is C15H17NO. The standard InChI is InChI=1S/C15H17NO/c1-2-12-4-3-5-15(10-12)17-14-8-6-13(11-16)7-9-14/h3-10H,2,11,16H2,1H3. The van der Waals surface area contributed by atoms with Crippen LogP contribution in [0.2, 0.25) is 0 Å². The minimum Gasteiger partial charge on any atom is -0.457 e. The highest BCUT2D eigenvalue weighted by Gasteiger charge is 1.98. The Morgan fingerprint density at radius 2 is 1.71 bits per heavy atom. The average Bonchev–Trinajstić information content (AvgIpc) is 2.40. The molecule has 0 fully saturated rings. The number of benzene rings is 2. The first-order chi connectivity index (χ1) is 8.31. The molecule has 0 aromatic heterocycles. The lowest BCUT2D eigenvalue weighted by molar-refractivity contribution is 0.482. The Morgan fingerprint density at radius 3 is 2.35 bits per heavy atom. The van der Waals surface area contributed by atoms with E-state index in [0.29, 0.717) is 6.54 Å². The van der Waals surface area contributed by atoms with Gasteiger partial charge in [0.05, 0.1) is 0 Å². The lowest BCUT2D eigenvalue weighted by atomic mass is 10.1. The van der Waals surface area contributed by atoms with Gasteiger partial charge in [0.2, 0.25) is 0 Å². The third-order valence-corrected chi connectivity index (χ3v) is 2.70. The molecule has 0 aliphatic heterocycles. The van der Waals surface area contributed by atoms with E-state index in [1.54, 1.807) is 0 Å². The van der Waals surface area contributed by atoms with Crippen molar-refractivity contribution in [3.63, 3.8) is 0 Å². The minimum absolute atomic E-state index is 0.561. The van der Waals surface area contributed by atoms with Crippen molar-refractivity contribution in [1.29, 1.82) is 0 Å². The van der Waals surface area contributed by atoms with Crippen LogP contribution in [0.4, 0.5) is 0 Å². The van der Waals surface area contributed by atoms with E-state index in [9.17, 15) is 0 Å². The van der Waals surface area contributed by atoms with Crippen LogP contribution in [0, 0.1) is 0 Å². The molecule has 0 amide bonds. The minimum atomic E-state index is 0.561. The first-order valence-electron chi connectivity index (χ1n) is 5.87. The van der Waals surface area contributed by atoms with E-state index in [0.717, 1.165) is 23.5 Å². The lowest BCUT2D eigenvalue weighted by Crippen LogP contribution is -1.95. The molecular weight excluding hydrogens is 210 g/mol. The number of nitrogens with two attached hydrogens (primary N) is 1. The number of aryl methyl sites for hydroxylation is 1. The van der Waals surface area contributed by atoms with Crippen LogP contribution in [0.25, 0.3) is 0 Å². The van der Waals surface area contributed by atoms with Crippen LogP contribution in [0.1, 0.15) is 18.1 Å². The summed E-state index contributed by atoms with van der Waals surface area (Å²) in [5, 5.41) is 0. The summed E-state index contributed by atoms with van der Waals surface area (Å²) < 4.78 is 5.78. The largest absolute Gasteiger partial charge is 0.457 e. The summed E-state index contributed by atoms with van der Waals surface area (Å²) in [5.74, 6) is 1.72. The second-order valence-electron chi connectivity index (χ2n) is 3.95. The highest BCUT2D eigenvalue weighted by atomic mass is 16.5. The first-order valence-corrected chi connectivity index (χ1v) is 5.87. The summed E-state index contributed by atoms with van der Waals surface area (Å²) >= 11 is 0. The molecule has 0 heterocycles. The van der Waals surface area contributed by atoms with Gasteiger partial charge in [0.1, 0.15) is 11.5 Å². The normalized spacial score (nSPS) is 10.2. The quantitative estimate of drug-likeness (QED) is 0.867. The van der Waals surface area contributed by atoms with Crippen molar-refractivity contribution >= 4 is 0 Å². The van der Waals surface area contributed by atoms with Crippen molar-refractivity contribution in [2.45, 2.75) is 19.9 Å². The van der Waals surface area contributed by atoms with E-state index in [1.807, 2.05) is 36.4 Å². The maximum Gasteiger partial charge on any atom is 0.127 e. The molecule has 0 atom stereocenters. The number of ether oxygens (including phenoxy) is 1. The fourth-order valence-electron chi connectivity index (χ4n) is 1.66. The molecule has 0 saturated heterocycles. The van der Waals surface area contributed by atoms with Gasteiger partial charge in [0.15, 0.2) is 0 Å². The van der Waals surface area contributed by atoms with Crippen molar-refractivity contribution in [2.24, 2.45) is 5.73 Å². The maximum atomic E-state index is 5.78. The summed E-state index contributed by atoms with van der Waals surface area (Å²) in [5.41, 5.74) is 7.94. The van der Waals surface area contributed by atoms with Crippen molar-refractivity contribution in [1.82, 2.24) is 0 Å². The summed E-state index contributed by atoms with van der Waals surface area (Å²) in [6.45, 7) is 2.70. The average molecular weight is 227 g/mol. The van der Waals surface area contributed by atoms with Gasteiger partial charge in [-0.3, -0.25) is 0 Å². The summed E-state index contributed by atoms with van der Waals surface area (Å²) in [7, 11) is 0. The van der Waals surface area contributed by atoms with Gasteiger partial charge in [0, 0.05) is 6.54 Å². The van der Waals surface area contributed by atoms with Crippen LogP contribution in [0.15, 0.2) is 48.5 Å². The number of hydrogen-bond donors (Lipinski definition) is 1. The van der Waals surface area contributed by atoms with Gasteiger partial charge in [-0.05, 0) is 41.8 Å². The molecule has 0 saturated carbocycles. The highest BCUT2D eigenvalue weighted by Crippen LogP contribution is 2.22. The summed E-state index contributed by atoms with van der Waals surface area (Å²) in [6.07, 6.45) is 1.02. The van der Waals surface area contributed by atoms with Gasteiger partial charge in [-0.25, -0.2) is 0 Å². The van der Waals surface area contributed by atoms with E-state index < -0.39 is 0 Å². The first kappa shape index (κ1) is 11.7. The predicted molar refractivity (Wildman–Crippen MR) is 70.2 cm³/mol. The fourth-order valence-corrected chi connectivity index (χ4v) is 1.66. The molecule has 17 heavy (non-hydrogen) atoms. The van der Waals surface area contributed by atoms with E-state index >= 15 is 0 Å². The Labute approximate surface area is 102 Å². The molecule has 0 spiro atoms. The molecule has 0 unspecified atom stereocenters. The van der Waals surface area contributed by atoms with Crippen molar-refractivity contribution in [2.75, 3.05) is 0 Å². The zero-order valence-electron chi connectivity index (χ0n) is 10.0. The molecule has 0 aliphatic carbocycles. The van der Waals surface area contributed by atoms with Crippen LogP contribution >= 0.6 is 0 Å². The maximum absolute atomic E-state index is 5.78.